The van der Waals surface area contributed by atoms with Crippen molar-refractivity contribution in [1.82, 2.24) is 0 Å². The Kier molecular flexibility index (Phi) is 5.13. The van der Waals surface area contributed by atoms with Crippen molar-refractivity contribution in [1.29, 1.82) is 0 Å². The number of Topliss-reactive ketones (excluding diaryl/α,β-unsaturated/α-hetero) is 1. The van der Waals surface area contributed by atoms with Gasteiger partial charge in [-0.1, -0.05) is 6.92 Å². The molecule has 1 aliphatic heterocycles. The van der Waals surface area contributed by atoms with E-state index >= 15 is 0 Å². The average Bonchev–Trinajstić information content (AvgIpc) is 3.10. The summed E-state index contributed by atoms with van der Waals surface area (Å²) in [4.78, 5) is 25.9. The highest BCUT2D eigenvalue weighted by Crippen LogP contribution is 2.41. The Hall–Kier alpha value is -3.48. The summed E-state index contributed by atoms with van der Waals surface area (Å²) in [7, 11) is 3.07. The van der Waals surface area contributed by atoms with Crippen LogP contribution in [0.2, 0.25) is 0 Å². The minimum atomic E-state index is -0.525. The standard InChI is InChI=1S/C24H25NO6/c1-6-24(3)12-15(26)21-18(31-24)10-9-17-20(21)13(2)22(30-17)23(27)25-14-7-8-16(28-4)19(11-14)29-5/h7-11H,6,12H2,1-5H3,(H,25,27)/t24-/m1/s1. The van der Waals surface area contributed by atoms with E-state index < -0.39 is 11.5 Å². The van der Waals surface area contributed by atoms with E-state index in [0.29, 0.717) is 45.0 Å². The number of furan rings is 1. The van der Waals surface area contributed by atoms with Crippen molar-refractivity contribution in [2.24, 2.45) is 0 Å². The van der Waals surface area contributed by atoms with Gasteiger partial charge in [0, 0.05) is 22.7 Å². The van der Waals surface area contributed by atoms with Gasteiger partial charge in [0.05, 0.1) is 26.2 Å². The van der Waals surface area contributed by atoms with Crippen LogP contribution in [-0.4, -0.2) is 31.5 Å². The molecule has 0 spiro atoms. The second-order valence-corrected chi connectivity index (χ2v) is 7.90. The number of hydrogen-bond acceptors (Lipinski definition) is 6. The molecule has 7 nitrogen and oxygen atoms in total. The summed E-state index contributed by atoms with van der Waals surface area (Å²) in [6.07, 6.45) is 1.01. The van der Waals surface area contributed by atoms with Gasteiger partial charge in [-0.15, -0.1) is 0 Å². The maximum absolute atomic E-state index is 13.0. The van der Waals surface area contributed by atoms with E-state index in [4.69, 9.17) is 18.6 Å². The number of nitrogens with one attached hydrogen (secondary N) is 1. The van der Waals surface area contributed by atoms with Gasteiger partial charge in [-0.25, -0.2) is 0 Å². The number of carbonyl (C=O) groups excluding carboxylic acids is 2. The molecule has 0 radical (unpaired) electrons. The molecule has 7 heteroatoms. The van der Waals surface area contributed by atoms with Gasteiger partial charge in [-0.05, 0) is 44.5 Å². The highest BCUT2D eigenvalue weighted by molar-refractivity contribution is 6.14. The lowest BCUT2D eigenvalue weighted by molar-refractivity contribution is 0.0503. The van der Waals surface area contributed by atoms with E-state index in [1.807, 2.05) is 13.8 Å². The molecule has 0 bridgehead atoms. The number of ketones is 1. The SMILES string of the molecule is CC[C@]1(C)CC(=O)c2c(ccc3oc(C(=O)Nc4ccc(OC)c(OC)c4)c(C)c23)O1. The average molecular weight is 423 g/mol. The van der Waals surface area contributed by atoms with E-state index in [1.165, 1.54) is 7.11 Å². The van der Waals surface area contributed by atoms with Gasteiger partial charge in [-0.3, -0.25) is 9.59 Å². The van der Waals surface area contributed by atoms with Crippen LogP contribution in [0.15, 0.2) is 34.7 Å². The molecular weight excluding hydrogens is 398 g/mol. The zero-order chi connectivity index (χ0) is 22.3. The molecule has 1 aromatic heterocycles. The number of benzene rings is 2. The molecule has 0 aliphatic carbocycles. The number of ether oxygens (including phenoxy) is 3. The number of rotatable bonds is 5. The lowest BCUT2D eigenvalue weighted by atomic mass is 9.87. The number of carbonyl (C=O) groups is 2. The molecule has 1 atom stereocenters. The van der Waals surface area contributed by atoms with Crippen LogP contribution in [0, 0.1) is 6.92 Å². The van der Waals surface area contributed by atoms with Gasteiger partial charge < -0.3 is 23.9 Å². The van der Waals surface area contributed by atoms with Crippen molar-refractivity contribution >= 4 is 28.3 Å². The zero-order valence-electron chi connectivity index (χ0n) is 18.3. The third kappa shape index (κ3) is 3.50. The molecule has 3 aromatic rings. The summed E-state index contributed by atoms with van der Waals surface area (Å²) in [6, 6.07) is 8.56. The lowest BCUT2D eigenvalue weighted by Gasteiger charge is -2.34. The van der Waals surface area contributed by atoms with Crippen LogP contribution < -0.4 is 19.5 Å². The first-order valence-electron chi connectivity index (χ1n) is 10.1. The Morgan fingerprint density at radius 1 is 1.16 bits per heavy atom. The van der Waals surface area contributed by atoms with E-state index in [-0.39, 0.29) is 18.0 Å². The van der Waals surface area contributed by atoms with Crippen LogP contribution in [-0.2, 0) is 0 Å². The molecule has 0 unspecified atom stereocenters. The second kappa shape index (κ2) is 7.65. The largest absolute Gasteiger partial charge is 0.493 e. The number of hydrogen-bond donors (Lipinski definition) is 1. The summed E-state index contributed by atoms with van der Waals surface area (Å²) in [5.41, 5.74) is 1.56. The minimum absolute atomic E-state index is 0.00745. The summed E-state index contributed by atoms with van der Waals surface area (Å²) in [5, 5.41) is 3.44. The number of aryl methyl sites for hydroxylation is 1. The lowest BCUT2D eigenvalue weighted by Crippen LogP contribution is -2.38. The number of methoxy groups -OCH3 is 2. The third-order valence-electron chi connectivity index (χ3n) is 5.82. The molecular formula is C24H25NO6. The first-order valence-corrected chi connectivity index (χ1v) is 10.1. The Balaban J connectivity index is 1.71. The van der Waals surface area contributed by atoms with Crippen LogP contribution in [0.5, 0.6) is 17.2 Å². The molecule has 162 valence electrons. The van der Waals surface area contributed by atoms with Crippen LogP contribution >= 0.6 is 0 Å². The first-order chi connectivity index (χ1) is 14.8. The molecule has 0 saturated heterocycles. The number of fused-ring (bicyclic) bond motifs is 3. The summed E-state index contributed by atoms with van der Waals surface area (Å²) >= 11 is 0. The molecule has 31 heavy (non-hydrogen) atoms. The Morgan fingerprint density at radius 3 is 2.58 bits per heavy atom. The van der Waals surface area contributed by atoms with Gasteiger partial charge in [-0.2, -0.15) is 0 Å². The van der Waals surface area contributed by atoms with E-state index in [1.54, 1.807) is 44.4 Å². The highest BCUT2D eigenvalue weighted by atomic mass is 16.5. The van der Waals surface area contributed by atoms with Crippen LogP contribution in [0.1, 0.15) is 53.2 Å². The van der Waals surface area contributed by atoms with Gasteiger partial charge >= 0.3 is 0 Å². The Labute approximate surface area is 180 Å². The summed E-state index contributed by atoms with van der Waals surface area (Å²) in [6.45, 7) is 5.70. The quantitative estimate of drug-likeness (QED) is 0.611. The molecule has 2 heterocycles. The first kappa shape index (κ1) is 20.8. The van der Waals surface area contributed by atoms with E-state index in [2.05, 4.69) is 5.32 Å². The predicted molar refractivity (Wildman–Crippen MR) is 117 cm³/mol. The second-order valence-electron chi connectivity index (χ2n) is 7.90. The van der Waals surface area contributed by atoms with Gasteiger partial charge in [0.25, 0.3) is 5.91 Å². The maximum Gasteiger partial charge on any atom is 0.291 e. The normalized spacial score (nSPS) is 17.8. The number of amides is 1. The molecule has 2 aromatic carbocycles. The van der Waals surface area contributed by atoms with E-state index in [0.717, 1.165) is 6.42 Å². The van der Waals surface area contributed by atoms with Crippen molar-refractivity contribution in [3.8, 4) is 17.2 Å². The fourth-order valence-electron chi connectivity index (χ4n) is 3.93. The van der Waals surface area contributed by atoms with E-state index in [9.17, 15) is 9.59 Å². The Bertz CT molecular complexity index is 1190. The fourth-order valence-corrected chi connectivity index (χ4v) is 3.93. The van der Waals surface area contributed by atoms with Crippen LogP contribution in [0.25, 0.3) is 11.0 Å². The zero-order valence-corrected chi connectivity index (χ0v) is 18.3. The highest BCUT2D eigenvalue weighted by Gasteiger charge is 2.37. The maximum atomic E-state index is 13.0. The monoisotopic (exact) mass is 423 g/mol. The molecule has 4 rings (SSSR count). The van der Waals surface area contributed by atoms with Crippen molar-refractivity contribution in [2.45, 2.75) is 39.2 Å². The van der Waals surface area contributed by atoms with Crippen molar-refractivity contribution < 1.29 is 28.2 Å². The predicted octanol–water partition coefficient (Wildman–Crippen LogP) is 5.14. The summed E-state index contributed by atoms with van der Waals surface area (Å²) in [5.74, 6) is 1.31. The fraction of sp³-hybridized carbons (Fsp3) is 0.333. The molecule has 1 aliphatic rings. The van der Waals surface area contributed by atoms with Gasteiger partial charge in [0.1, 0.15) is 16.9 Å². The van der Waals surface area contributed by atoms with Crippen LogP contribution in [0.4, 0.5) is 5.69 Å². The van der Waals surface area contributed by atoms with Crippen LogP contribution in [0.3, 0.4) is 0 Å². The topological polar surface area (TPSA) is 87.0 Å². The van der Waals surface area contributed by atoms with Crippen molar-refractivity contribution in [2.75, 3.05) is 19.5 Å². The molecule has 0 saturated carbocycles. The van der Waals surface area contributed by atoms with Crippen molar-refractivity contribution in [3.63, 3.8) is 0 Å². The minimum Gasteiger partial charge on any atom is -0.493 e. The smallest absolute Gasteiger partial charge is 0.291 e. The number of anilines is 1. The van der Waals surface area contributed by atoms with Gasteiger partial charge in [0.15, 0.2) is 23.0 Å². The van der Waals surface area contributed by atoms with Crippen molar-refractivity contribution in [3.05, 3.63) is 47.2 Å². The summed E-state index contributed by atoms with van der Waals surface area (Å²) < 4.78 is 22.5. The van der Waals surface area contributed by atoms with Gasteiger partial charge in [0.2, 0.25) is 0 Å². The molecule has 1 N–H and O–H groups in total. The Morgan fingerprint density at radius 2 is 1.90 bits per heavy atom. The molecule has 1 amide bonds. The molecule has 0 fully saturated rings. The third-order valence-corrected chi connectivity index (χ3v) is 5.82.